The highest BCUT2D eigenvalue weighted by atomic mass is 32.2. The Morgan fingerprint density at radius 3 is 2.30 bits per heavy atom. The maximum atomic E-state index is 14.0. The summed E-state index contributed by atoms with van der Waals surface area (Å²) in [4.78, 5) is 40.0. The van der Waals surface area contributed by atoms with Gasteiger partial charge in [-0.15, -0.1) is 0 Å². The zero-order chi connectivity index (χ0) is 33.7. The molecule has 47 heavy (non-hydrogen) atoms. The summed E-state index contributed by atoms with van der Waals surface area (Å²) in [5, 5.41) is 3.98. The van der Waals surface area contributed by atoms with Crippen molar-refractivity contribution in [1.82, 2.24) is 10.2 Å². The van der Waals surface area contributed by atoms with Crippen molar-refractivity contribution in [1.29, 1.82) is 0 Å². The molecule has 1 fully saturated rings. The lowest BCUT2D eigenvalue weighted by molar-refractivity contribution is -0.124. The maximum Gasteiger partial charge on any atom is 0.293 e. The Hall–Kier alpha value is -4.81. The molecule has 0 saturated carbocycles. The number of thioether (sulfide) groups is 1. The van der Waals surface area contributed by atoms with Gasteiger partial charge >= 0.3 is 0 Å². The van der Waals surface area contributed by atoms with Crippen LogP contribution in [0.2, 0.25) is 0 Å². The predicted octanol–water partition coefficient (Wildman–Crippen LogP) is 5.91. The molecule has 0 aliphatic carbocycles. The lowest BCUT2D eigenvalue weighted by Crippen LogP contribution is -2.39. The number of amides is 3. The zero-order valence-electron chi connectivity index (χ0n) is 26.5. The van der Waals surface area contributed by atoms with Gasteiger partial charge < -0.3 is 14.8 Å². The average molecular weight is 674 g/mol. The van der Waals surface area contributed by atoms with Crippen LogP contribution < -0.4 is 19.1 Å². The SMILES string of the molecule is COc1ccc(C=C2SC(=O)N(CCNC(=O)CCN(c3cc(C)cc(C)c3)S(=O)(=O)c3ccc4ccccc4c3)C2=O)cc1OC. The largest absolute Gasteiger partial charge is 0.493 e. The third kappa shape index (κ3) is 7.61. The van der Waals surface area contributed by atoms with Gasteiger partial charge in [0.05, 0.1) is 29.7 Å². The molecule has 5 rings (SSSR count). The molecule has 0 aromatic heterocycles. The molecule has 0 atom stereocenters. The first kappa shape index (κ1) is 33.6. The highest BCUT2D eigenvalue weighted by molar-refractivity contribution is 8.18. The number of hydrogen-bond donors (Lipinski definition) is 1. The molecule has 1 aliphatic rings. The lowest BCUT2D eigenvalue weighted by Gasteiger charge is -2.25. The van der Waals surface area contributed by atoms with Crippen molar-refractivity contribution in [2.75, 3.05) is 38.2 Å². The Morgan fingerprint density at radius 1 is 0.894 bits per heavy atom. The van der Waals surface area contributed by atoms with Crippen molar-refractivity contribution in [3.63, 3.8) is 0 Å². The highest BCUT2D eigenvalue weighted by Crippen LogP contribution is 2.34. The van der Waals surface area contributed by atoms with Gasteiger partial charge in [-0.1, -0.05) is 42.5 Å². The Bertz CT molecular complexity index is 1970. The number of anilines is 1. The molecule has 244 valence electrons. The zero-order valence-corrected chi connectivity index (χ0v) is 28.1. The minimum atomic E-state index is -4.03. The Labute approximate surface area is 278 Å². The van der Waals surface area contributed by atoms with E-state index in [9.17, 15) is 22.8 Å². The lowest BCUT2D eigenvalue weighted by atomic mass is 10.1. The van der Waals surface area contributed by atoms with E-state index in [2.05, 4.69) is 5.32 Å². The molecule has 10 nitrogen and oxygen atoms in total. The highest BCUT2D eigenvalue weighted by Gasteiger charge is 2.35. The van der Waals surface area contributed by atoms with Crippen LogP contribution in [-0.2, 0) is 19.6 Å². The van der Waals surface area contributed by atoms with Crippen LogP contribution in [0.25, 0.3) is 16.8 Å². The maximum absolute atomic E-state index is 14.0. The van der Waals surface area contributed by atoms with Crippen molar-refractivity contribution >= 4 is 61.4 Å². The summed E-state index contributed by atoms with van der Waals surface area (Å²) in [5.74, 6) is 0.147. The van der Waals surface area contributed by atoms with E-state index in [1.807, 2.05) is 44.2 Å². The van der Waals surface area contributed by atoms with Crippen LogP contribution in [0.1, 0.15) is 23.1 Å². The number of ether oxygens (including phenoxy) is 2. The number of carbonyl (C=O) groups excluding carboxylic acids is 3. The number of fused-ring (bicyclic) bond motifs is 1. The van der Waals surface area contributed by atoms with Crippen LogP contribution in [0.5, 0.6) is 11.5 Å². The summed E-state index contributed by atoms with van der Waals surface area (Å²) in [6.45, 7) is 3.65. The average Bonchev–Trinajstić information content (AvgIpc) is 3.31. The van der Waals surface area contributed by atoms with E-state index in [0.29, 0.717) is 22.7 Å². The van der Waals surface area contributed by atoms with Crippen LogP contribution >= 0.6 is 11.8 Å². The standard InChI is InChI=1S/C35H35N3O7S2/c1-23-17-24(2)19-28(18-23)38(47(42,43)29-11-10-26-7-5-6-8-27(26)22-29)15-13-33(39)36-14-16-37-34(40)32(46-35(37)41)21-25-9-12-30(44-3)31(20-25)45-4/h5-12,17-22H,13-16H2,1-4H3,(H,36,39). The van der Waals surface area contributed by atoms with Gasteiger partial charge in [-0.2, -0.15) is 0 Å². The number of aryl methyl sites for hydroxylation is 2. The van der Waals surface area contributed by atoms with Crippen molar-refractivity contribution in [3.05, 3.63) is 100 Å². The fourth-order valence-electron chi connectivity index (χ4n) is 5.32. The molecule has 0 radical (unpaired) electrons. The number of rotatable bonds is 12. The van der Waals surface area contributed by atoms with Crippen LogP contribution in [-0.4, -0.2) is 64.2 Å². The number of benzene rings is 4. The monoisotopic (exact) mass is 673 g/mol. The second kappa shape index (κ2) is 14.3. The van der Waals surface area contributed by atoms with E-state index in [-0.39, 0.29) is 35.9 Å². The first-order valence-electron chi connectivity index (χ1n) is 14.8. The Morgan fingerprint density at radius 2 is 1.60 bits per heavy atom. The van der Waals surface area contributed by atoms with Crippen LogP contribution in [0, 0.1) is 13.8 Å². The number of sulfonamides is 1. The molecule has 3 amide bonds. The van der Waals surface area contributed by atoms with Crippen molar-refractivity contribution in [2.24, 2.45) is 0 Å². The molecule has 12 heteroatoms. The van der Waals surface area contributed by atoms with E-state index in [4.69, 9.17) is 9.47 Å². The minimum absolute atomic E-state index is 0.0154. The van der Waals surface area contributed by atoms with Gasteiger partial charge in [-0.3, -0.25) is 23.6 Å². The molecule has 1 aliphatic heterocycles. The second-order valence-electron chi connectivity index (χ2n) is 11.0. The Kier molecular flexibility index (Phi) is 10.2. The minimum Gasteiger partial charge on any atom is -0.493 e. The van der Waals surface area contributed by atoms with Gasteiger partial charge in [0.25, 0.3) is 21.2 Å². The molecule has 0 unspecified atom stereocenters. The smallest absolute Gasteiger partial charge is 0.293 e. The van der Waals surface area contributed by atoms with Crippen molar-refractivity contribution in [2.45, 2.75) is 25.2 Å². The topological polar surface area (TPSA) is 122 Å². The van der Waals surface area contributed by atoms with E-state index >= 15 is 0 Å². The van der Waals surface area contributed by atoms with Crippen LogP contribution in [0.4, 0.5) is 10.5 Å². The van der Waals surface area contributed by atoms with Gasteiger partial charge in [0.1, 0.15) is 0 Å². The number of nitrogens with one attached hydrogen (secondary N) is 1. The molecule has 4 aromatic carbocycles. The Balaban J connectivity index is 1.25. The molecule has 4 aromatic rings. The quantitative estimate of drug-likeness (QED) is 0.184. The van der Waals surface area contributed by atoms with Gasteiger partial charge in [0.15, 0.2) is 11.5 Å². The second-order valence-corrected chi connectivity index (χ2v) is 13.8. The molecule has 0 spiro atoms. The first-order valence-corrected chi connectivity index (χ1v) is 17.1. The number of carbonyl (C=O) groups is 3. The van der Waals surface area contributed by atoms with E-state index in [1.54, 1.807) is 54.6 Å². The number of nitrogens with zero attached hydrogens (tertiary/aromatic N) is 2. The van der Waals surface area contributed by atoms with E-state index in [0.717, 1.165) is 38.6 Å². The van der Waals surface area contributed by atoms with E-state index < -0.39 is 27.1 Å². The number of hydrogen-bond acceptors (Lipinski definition) is 8. The first-order chi connectivity index (χ1) is 22.5. The fraction of sp³-hybridized carbons (Fsp3) is 0.229. The van der Waals surface area contributed by atoms with Crippen molar-refractivity contribution < 1.29 is 32.3 Å². The molecular weight excluding hydrogens is 639 g/mol. The summed E-state index contributed by atoms with van der Waals surface area (Å²) in [6.07, 6.45) is 1.46. The van der Waals surface area contributed by atoms with Gasteiger partial charge in [0, 0.05) is 26.1 Å². The molecule has 1 heterocycles. The molecular formula is C35H35N3O7S2. The van der Waals surface area contributed by atoms with Gasteiger partial charge in [-0.05, 0) is 95.5 Å². The summed E-state index contributed by atoms with van der Waals surface area (Å²) >= 11 is 0.815. The van der Waals surface area contributed by atoms with Crippen LogP contribution in [0.15, 0.2) is 88.7 Å². The normalized spacial score (nSPS) is 14.1. The molecule has 1 N–H and O–H groups in total. The third-order valence-corrected chi connectivity index (χ3v) is 10.3. The third-order valence-electron chi connectivity index (χ3n) is 7.58. The van der Waals surface area contributed by atoms with Gasteiger partial charge in [-0.25, -0.2) is 8.42 Å². The molecule has 1 saturated heterocycles. The number of methoxy groups -OCH3 is 2. The summed E-state index contributed by atoms with van der Waals surface area (Å²) in [7, 11) is -0.998. The van der Waals surface area contributed by atoms with Crippen LogP contribution in [0.3, 0.4) is 0 Å². The van der Waals surface area contributed by atoms with E-state index in [1.165, 1.54) is 18.5 Å². The van der Waals surface area contributed by atoms with Crippen molar-refractivity contribution in [3.8, 4) is 11.5 Å². The fourth-order valence-corrected chi connectivity index (χ4v) is 7.67. The summed E-state index contributed by atoms with van der Waals surface area (Å²) < 4.78 is 39.8. The van der Waals surface area contributed by atoms with Gasteiger partial charge in [0.2, 0.25) is 5.91 Å². The predicted molar refractivity (Wildman–Crippen MR) is 184 cm³/mol. The molecule has 0 bridgehead atoms. The summed E-state index contributed by atoms with van der Waals surface area (Å²) in [5.41, 5.74) is 2.90. The summed E-state index contributed by atoms with van der Waals surface area (Å²) in [6, 6.07) is 23.1. The number of imide groups is 1.